The van der Waals surface area contributed by atoms with Crippen molar-refractivity contribution in [2.24, 2.45) is 0 Å². The first-order valence-corrected chi connectivity index (χ1v) is 9.73. The minimum absolute atomic E-state index is 0.778. The zero-order valence-corrected chi connectivity index (χ0v) is 15.9. The molecule has 0 aliphatic carbocycles. The highest BCUT2D eigenvalue weighted by Crippen LogP contribution is 2.36. The molecule has 1 heterocycles. The van der Waals surface area contributed by atoms with Gasteiger partial charge in [-0.15, -0.1) is 0 Å². The van der Waals surface area contributed by atoms with E-state index in [2.05, 4.69) is 54.3 Å². The number of halogens is 1. The van der Waals surface area contributed by atoms with Crippen LogP contribution in [0.2, 0.25) is 5.02 Å². The molecule has 0 amide bonds. The summed E-state index contributed by atoms with van der Waals surface area (Å²) in [6.07, 6.45) is 1.02. The van der Waals surface area contributed by atoms with E-state index in [0.717, 1.165) is 44.3 Å². The number of nitrogens with zero attached hydrogens (tertiary/aromatic N) is 1. The number of morpholine rings is 1. The third-order valence-electron chi connectivity index (χ3n) is 5.23. The van der Waals surface area contributed by atoms with Gasteiger partial charge in [0.2, 0.25) is 0 Å². The number of rotatable bonds is 4. The molecule has 0 radical (unpaired) electrons. The van der Waals surface area contributed by atoms with E-state index in [0.29, 0.717) is 0 Å². The molecule has 0 N–H and O–H groups in total. The summed E-state index contributed by atoms with van der Waals surface area (Å²) in [4.78, 5) is 2.50. The van der Waals surface area contributed by atoms with Gasteiger partial charge in [-0.05, 0) is 57.6 Å². The number of hydrogen-bond donors (Lipinski definition) is 0. The SMILES string of the molecule is CCc1c(CN2CCOCC2)cc2ccccc2c1-c1ccc(Cl)cc1. The van der Waals surface area contributed by atoms with Gasteiger partial charge in [0.1, 0.15) is 0 Å². The fraction of sp³-hybridized carbons (Fsp3) is 0.304. The Kier molecular flexibility index (Phi) is 5.26. The molecule has 1 fully saturated rings. The van der Waals surface area contributed by atoms with Crippen LogP contribution in [0.15, 0.2) is 54.6 Å². The van der Waals surface area contributed by atoms with Gasteiger partial charge in [0.15, 0.2) is 0 Å². The van der Waals surface area contributed by atoms with Gasteiger partial charge in [-0.3, -0.25) is 4.90 Å². The third kappa shape index (κ3) is 3.50. The Morgan fingerprint density at radius 3 is 2.46 bits per heavy atom. The number of ether oxygens (including phenoxy) is 1. The molecule has 2 nitrogen and oxygen atoms in total. The van der Waals surface area contributed by atoms with E-state index in [4.69, 9.17) is 16.3 Å². The minimum Gasteiger partial charge on any atom is -0.379 e. The van der Waals surface area contributed by atoms with Gasteiger partial charge < -0.3 is 4.74 Å². The Labute approximate surface area is 160 Å². The average molecular weight is 366 g/mol. The van der Waals surface area contributed by atoms with Crippen molar-refractivity contribution in [2.45, 2.75) is 19.9 Å². The highest BCUT2D eigenvalue weighted by molar-refractivity contribution is 6.30. The molecule has 0 atom stereocenters. The Hall–Kier alpha value is -1.87. The molecule has 1 aliphatic heterocycles. The molecule has 1 aliphatic rings. The Morgan fingerprint density at radius 1 is 1.00 bits per heavy atom. The summed E-state index contributed by atoms with van der Waals surface area (Å²) in [5.41, 5.74) is 5.47. The van der Waals surface area contributed by atoms with Crippen LogP contribution in [0.3, 0.4) is 0 Å². The summed E-state index contributed by atoms with van der Waals surface area (Å²) in [6.45, 7) is 6.92. The van der Waals surface area contributed by atoms with Crippen LogP contribution in [-0.4, -0.2) is 31.2 Å². The molecule has 0 aromatic heterocycles. The topological polar surface area (TPSA) is 12.5 Å². The van der Waals surface area contributed by atoms with E-state index < -0.39 is 0 Å². The molecule has 0 saturated carbocycles. The molecule has 0 unspecified atom stereocenters. The van der Waals surface area contributed by atoms with Crippen LogP contribution in [0.1, 0.15) is 18.1 Å². The monoisotopic (exact) mass is 365 g/mol. The molecule has 3 aromatic carbocycles. The summed E-state index contributed by atoms with van der Waals surface area (Å²) >= 11 is 6.13. The maximum absolute atomic E-state index is 6.13. The lowest BCUT2D eigenvalue weighted by Crippen LogP contribution is -2.35. The minimum atomic E-state index is 0.778. The van der Waals surface area contributed by atoms with E-state index in [1.807, 2.05) is 12.1 Å². The van der Waals surface area contributed by atoms with Gasteiger partial charge in [0.25, 0.3) is 0 Å². The summed E-state index contributed by atoms with van der Waals surface area (Å²) < 4.78 is 5.51. The van der Waals surface area contributed by atoms with Gasteiger partial charge >= 0.3 is 0 Å². The molecule has 134 valence electrons. The Balaban J connectivity index is 1.88. The van der Waals surface area contributed by atoms with E-state index >= 15 is 0 Å². The van der Waals surface area contributed by atoms with E-state index in [9.17, 15) is 0 Å². The zero-order valence-electron chi connectivity index (χ0n) is 15.2. The van der Waals surface area contributed by atoms with Crippen molar-refractivity contribution in [3.8, 4) is 11.1 Å². The maximum atomic E-state index is 6.13. The standard InChI is InChI=1S/C23H24ClNO/c1-2-21-19(16-25-11-13-26-14-12-25)15-18-5-3-4-6-22(18)23(21)17-7-9-20(24)10-8-17/h3-10,15H,2,11-14,16H2,1H3. The van der Waals surface area contributed by atoms with Crippen LogP contribution in [0.25, 0.3) is 21.9 Å². The molecule has 4 rings (SSSR count). The first-order valence-electron chi connectivity index (χ1n) is 9.36. The van der Waals surface area contributed by atoms with Crippen LogP contribution in [-0.2, 0) is 17.7 Å². The van der Waals surface area contributed by atoms with Crippen molar-refractivity contribution < 1.29 is 4.74 Å². The Bertz CT molecular complexity index is 898. The molecule has 3 aromatic rings. The molecular formula is C23H24ClNO. The normalized spacial score (nSPS) is 15.5. The van der Waals surface area contributed by atoms with Gasteiger partial charge in [-0.2, -0.15) is 0 Å². The van der Waals surface area contributed by atoms with Crippen LogP contribution in [0.5, 0.6) is 0 Å². The van der Waals surface area contributed by atoms with Gasteiger partial charge in [0.05, 0.1) is 13.2 Å². The second-order valence-electron chi connectivity index (χ2n) is 6.86. The van der Waals surface area contributed by atoms with E-state index in [1.54, 1.807) is 0 Å². The molecule has 26 heavy (non-hydrogen) atoms. The van der Waals surface area contributed by atoms with Crippen molar-refractivity contribution in [1.82, 2.24) is 4.90 Å². The summed E-state index contributed by atoms with van der Waals surface area (Å²) in [6, 6.07) is 19.3. The van der Waals surface area contributed by atoms with Crippen LogP contribution < -0.4 is 0 Å². The van der Waals surface area contributed by atoms with E-state index in [-0.39, 0.29) is 0 Å². The molecular weight excluding hydrogens is 342 g/mol. The Morgan fingerprint density at radius 2 is 1.73 bits per heavy atom. The highest BCUT2D eigenvalue weighted by atomic mass is 35.5. The number of hydrogen-bond acceptors (Lipinski definition) is 2. The zero-order chi connectivity index (χ0) is 17.9. The summed E-state index contributed by atoms with van der Waals surface area (Å²) in [5.74, 6) is 0. The lowest BCUT2D eigenvalue weighted by molar-refractivity contribution is 0.0341. The molecule has 0 spiro atoms. The number of fused-ring (bicyclic) bond motifs is 1. The second-order valence-corrected chi connectivity index (χ2v) is 7.30. The van der Waals surface area contributed by atoms with Crippen molar-refractivity contribution in [1.29, 1.82) is 0 Å². The largest absolute Gasteiger partial charge is 0.379 e. The van der Waals surface area contributed by atoms with Crippen molar-refractivity contribution in [3.63, 3.8) is 0 Å². The first-order chi connectivity index (χ1) is 12.8. The van der Waals surface area contributed by atoms with Gasteiger partial charge in [-0.1, -0.05) is 54.9 Å². The smallest absolute Gasteiger partial charge is 0.0594 e. The number of benzene rings is 3. The second kappa shape index (κ2) is 7.79. The fourth-order valence-corrected chi connectivity index (χ4v) is 4.07. The predicted octanol–water partition coefficient (Wildman–Crippen LogP) is 5.55. The third-order valence-corrected chi connectivity index (χ3v) is 5.49. The lowest BCUT2D eigenvalue weighted by Gasteiger charge is -2.28. The predicted molar refractivity (Wildman–Crippen MR) is 110 cm³/mol. The van der Waals surface area contributed by atoms with Crippen LogP contribution >= 0.6 is 11.6 Å². The van der Waals surface area contributed by atoms with Crippen molar-refractivity contribution >= 4 is 22.4 Å². The van der Waals surface area contributed by atoms with Crippen LogP contribution in [0.4, 0.5) is 0 Å². The fourth-order valence-electron chi connectivity index (χ4n) is 3.94. The van der Waals surface area contributed by atoms with Gasteiger partial charge in [-0.25, -0.2) is 0 Å². The quantitative estimate of drug-likeness (QED) is 0.600. The lowest BCUT2D eigenvalue weighted by atomic mass is 9.88. The highest BCUT2D eigenvalue weighted by Gasteiger charge is 2.17. The van der Waals surface area contributed by atoms with Gasteiger partial charge in [0, 0.05) is 24.7 Å². The van der Waals surface area contributed by atoms with E-state index in [1.165, 1.54) is 33.0 Å². The summed E-state index contributed by atoms with van der Waals surface area (Å²) in [7, 11) is 0. The molecule has 3 heteroatoms. The molecule has 1 saturated heterocycles. The van der Waals surface area contributed by atoms with Crippen molar-refractivity contribution in [3.05, 3.63) is 70.7 Å². The first kappa shape index (κ1) is 17.5. The van der Waals surface area contributed by atoms with Crippen LogP contribution in [0, 0.1) is 0 Å². The summed E-state index contributed by atoms with van der Waals surface area (Å²) in [5, 5.41) is 3.40. The maximum Gasteiger partial charge on any atom is 0.0594 e. The average Bonchev–Trinajstić information content (AvgIpc) is 2.68. The van der Waals surface area contributed by atoms with Crippen molar-refractivity contribution in [2.75, 3.05) is 26.3 Å². The molecule has 0 bridgehead atoms.